The summed E-state index contributed by atoms with van der Waals surface area (Å²) in [6.07, 6.45) is 1.32. The molecule has 168 valence electrons. The fourth-order valence-electron chi connectivity index (χ4n) is 2.58. The highest BCUT2D eigenvalue weighted by Gasteiger charge is 2.14. The van der Waals surface area contributed by atoms with Crippen LogP contribution in [0, 0.1) is 3.57 Å². The molecule has 0 bridgehead atoms. The number of benzene rings is 3. The molecule has 3 aromatic carbocycles. The molecule has 0 unspecified atom stereocenters. The van der Waals surface area contributed by atoms with Gasteiger partial charge in [0.2, 0.25) is 0 Å². The molecule has 0 saturated heterocycles. The Kier molecular flexibility index (Phi) is 8.51. The highest BCUT2D eigenvalue weighted by Crippen LogP contribution is 2.37. The van der Waals surface area contributed by atoms with Crippen LogP contribution in [0.15, 0.2) is 64.6 Å². The molecule has 0 aliphatic rings. The van der Waals surface area contributed by atoms with Gasteiger partial charge in [0.1, 0.15) is 6.61 Å². The summed E-state index contributed by atoms with van der Waals surface area (Å²) < 4.78 is 36.8. The van der Waals surface area contributed by atoms with Gasteiger partial charge in [0.15, 0.2) is 11.5 Å². The van der Waals surface area contributed by atoms with Gasteiger partial charge in [-0.1, -0.05) is 40.9 Å². The third-order valence-corrected chi connectivity index (χ3v) is 6.97. The normalized spacial score (nSPS) is 11.5. The Labute approximate surface area is 214 Å². The summed E-state index contributed by atoms with van der Waals surface area (Å²) in [7, 11) is -2.32. The highest BCUT2D eigenvalue weighted by molar-refractivity contribution is 14.1. The van der Waals surface area contributed by atoms with E-state index in [1.54, 1.807) is 42.5 Å². The van der Waals surface area contributed by atoms with Crippen LogP contribution in [0.5, 0.6) is 11.5 Å². The van der Waals surface area contributed by atoms with Gasteiger partial charge < -0.3 is 9.47 Å². The Morgan fingerprint density at radius 1 is 1.03 bits per heavy atom. The second kappa shape index (κ2) is 10.9. The zero-order chi connectivity index (χ0) is 23.3. The molecule has 0 saturated carbocycles. The first-order valence-electron chi connectivity index (χ1n) is 8.94. The molecule has 0 amide bonds. The minimum atomic E-state index is -3.79. The maximum absolute atomic E-state index is 12.3. The SMILES string of the molecule is COc1cc(/C=N\NS(=O)(=O)c2ccc(I)cc2)cc(Cl)c1OCc1ccc(Cl)cc1Cl. The lowest BCUT2D eigenvalue weighted by Gasteiger charge is -2.14. The molecular weight excluding hydrogens is 610 g/mol. The number of hydrazone groups is 1. The average molecular weight is 626 g/mol. The fraction of sp³-hybridized carbons (Fsp3) is 0.0952. The molecule has 0 atom stereocenters. The monoisotopic (exact) mass is 624 g/mol. The molecule has 3 aromatic rings. The molecule has 0 spiro atoms. The number of nitrogens with zero attached hydrogens (tertiary/aromatic N) is 1. The van der Waals surface area contributed by atoms with E-state index in [1.165, 1.54) is 25.5 Å². The van der Waals surface area contributed by atoms with Gasteiger partial charge in [-0.15, -0.1) is 0 Å². The first-order valence-corrected chi connectivity index (χ1v) is 12.6. The minimum absolute atomic E-state index is 0.107. The van der Waals surface area contributed by atoms with Crippen molar-refractivity contribution in [2.24, 2.45) is 5.10 Å². The predicted molar refractivity (Wildman–Crippen MR) is 136 cm³/mol. The molecule has 3 rings (SSSR count). The predicted octanol–water partition coefficient (Wildman–Crippen LogP) is 6.15. The second-order valence-electron chi connectivity index (χ2n) is 6.37. The first-order chi connectivity index (χ1) is 15.2. The number of halogens is 4. The fourth-order valence-corrected chi connectivity index (χ4v) is 4.47. The van der Waals surface area contributed by atoms with Gasteiger partial charge in [0, 0.05) is 19.2 Å². The number of ether oxygens (including phenoxy) is 2. The number of nitrogens with one attached hydrogen (secondary N) is 1. The lowest BCUT2D eigenvalue weighted by Crippen LogP contribution is -2.18. The van der Waals surface area contributed by atoms with Crippen molar-refractivity contribution in [3.05, 3.63) is 84.4 Å². The topological polar surface area (TPSA) is 77.0 Å². The number of methoxy groups -OCH3 is 1. The van der Waals surface area contributed by atoms with Crippen LogP contribution in [0.25, 0.3) is 0 Å². The zero-order valence-electron chi connectivity index (χ0n) is 16.5. The summed E-state index contributed by atoms with van der Waals surface area (Å²) in [4.78, 5) is 2.28. The summed E-state index contributed by atoms with van der Waals surface area (Å²) in [6.45, 7) is 0.148. The molecule has 0 fully saturated rings. The summed E-state index contributed by atoms with van der Waals surface area (Å²) >= 11 is 20.5. The largest absolute Gasteiger partial charge is 0.493 e. The molecule has 32 heavy (non-hydrogen) atoms. The molecule has 0 aliphatic heterocycles. The van der Waals surface area contributed by atoms with E-state index in [9.17, 15) is 8.42 Å². The van der Waals surface area contributed by atoms with E-state index in [0.29, 0.717) is 27.1 Å². The van der Waals surface area contributed by atoms with Crippen molar-refractivity contribution in [1.82, 2.24) is 4.83 Å². The van der Waals surface area contributed by atoms with Crippen molar-refractivity contribution in [3.63, 3.8) is 0 Å². The molecule has 1 N–H and O–H groups in total. The number of hydrogen-bond donors (Lipinski definition) is 1. The highest BCUT2D eigenvalue weighted by atomic mass is 127. The molecule has 6 nitrogen and oxygen atoms in total. The standard InChI is InChI=1S/C21H16Cl3IN2O4S/c1-30-20-9-13(11-26-27-32(28,29)17-6-4-16(25)5-7-17)8-19(24)21(20)31-12-14-2-3-15(22)10-18(14)23/h2-11,27H,12H2,1H3/b26-11-. The Morgan fingerprint density at radius 2 is 1.75 bits per heavy atom. The van der Waals surface area contributed by atoms with E-state index in [1.807, 2.05) is 0 Å². The van der Waals surface area contributed by atoms with Crippen LogP contribution in [0.2, 0.25) is 15.1 Å². The number of hydrogen-bond acceptors (Lipinski definition) is 5. The third kappa shape index (κ3) is 6.41. The van der Waals surface area contributed by atoms with E-state index in [4.69, 9.17) is 44.3 Å². The van der Waals surface area contributed by atoms with Crippen molar-refractivity contribution in [2.75, 3.05) is 7.11 Å². The quantitative estimate of drug-likeness (QED) is 0.185. The molecule has 0 radical (unpaired) electrons. The average Bonchev–Trinajstić information content (AvgIpc) is 2.74. The van der Waals surface area contributed by atoms with Crippen molar-refractivity contribution >= 4 is 73.6 Å². The lowest BCUT2D eigenvalue weighted by molar-refractivity contribution is 0.285. The van der Waals surface area contributed by atoms with E-state index >= 15 is 0 Å². The van der Waals surface area contributed by atoms with Crippen LogP contribution in [0.4, 0.5) is 0 Å². The Morgan fingerprint density at radius 3 is 2.41 bits per heavy atom. The van der Waals surface area contributed by atoms with Crippen LogP contribution < -0.4 is 14.3 Å². The van der Waals surface area contributed by atoms with E-state index < -0.39 is 10.0 Å². The molecule has 0 heterocycles. The van der Waals surface area contributed by atoms with E-state index in [0.717, 1.165) is 9.13 Å². The van der Waals surface area contributed by atoms with Crippen LogP contribution in [-0.2, 0) is 16.6 Å². The zero-order valence-corrected chi connectivity index (χ0v) is 21.7. The van der Waals surface area contributed by atoms with Gasteiger partial charge in [-0.05, 0) is 76.7 Å². The van der Waals surface area contributed by atoms with Crippen molar-refractivity contribution in [1.29, 1.82) is 0 Å². The Hall–Kier alpha value is -1.72. The second-order valence-corrected chi connectivity index (χ2v) is 10.5. The van der Waals surface area contributed by atoms with Gasteiger partial charge in [0.25, 0.3) is 10.0 Å². The summed E-state index contributed by atoms with van der Waals surface area (Å²) in [5, 5.41) is 5.08. The van der Waals surface area contributed by atoms with Crippen molar-refractivity contribution in [3.8, 4) is 11.5 Å². The third-order valence-electron chi connectivity index (χ3n) is 4.15. The Balaban J connectivity index is 1.74. The van der Waals surface area contributed by atoms with E-state index in [-0.39, 0.29) is 16.5 Å². The van der Waals surface area contributed by atoms with E-state index in [2.05, 4.69) is 32.5 Å². The van der Waals surface area contributed by atoms with Gasteiger partial charge in [-0.3, -0.25) is 0 Å². The van der Waals surface area contributed by atoms with Crippen LogP contribution >= 0.6 is 57.4 Å². The lowest BCUT2D eigenvalue weighted by atomic mass is 10.2. The number of rotatable bonds is 8. The van der Waals surface area contributed by atoms with Crippen molar-refractivity contribution in [2.45, 2.75) is 11.5 Å². The molecular formula is C21H16Cl3IN2O4S. The van der Waals surface area contributed by atoms with Crippen LogP contribution in [0.1, 0.15) is 11.1 Å². The smallest absolute Gasteiger partial charge is 0.276 e. The Bertz CT molecular complexity index is 1250. The summed E-state index contributed by atoms with van der Waals surface area (Å²) in [5.41, 5.74) is 1.24. The summed E-state index contributed by atoms with van der Waals surface area (Å²) in [5.74, 6) is 0.668. The molecule has 11 heteroatoms. The number of sulfonamides is 1. The molecule has 0 aliphatic carbocycles. The van der Waals surface area contributed by atoms with Crippen LogP contribution in [0.3, 0.4) is 0 Å². The van der Waals surface area contributed by atoms with Crippen LogP contribution in [-0.4, -0.2) is 21.7 Å². The van der Waals surface area contributed by atoms with Gasteiger partial charge in [0.05, 0.1) is 23.2 Å². The first kappa shape index (κ1) is 24.9. The molecule has 0 aromatic heterocycles. The van der Waals surface area contributed by atoms with Crippen molar-refractivity contribution < 1.29 is 17.9 Å². The van der Waals surface area contributed by atoms with Gasteiger partial charge in [-0.25, -0.2) is 4.83 Å². The van der Waals surface area contributed by atoms with Gasteiger partial charge >= 0.3 is 0 Å². The van der Waals surface area contributed by atoms with Gasteiger partial charge in [-0.2, -0.15) is 13.5 Å². The maximum atomic E-state index is 12.3. The maximum Gasteiger partial charge on any atom is 0.276 e. The minimum Gasteiger partial charge on any atom is -0.493 e. The summed E-state index contributed by atoms with van der Waals surface area (Å²) in [6, 6.07) is 14.7.